The zero-order valence-electron chi connectivity index (χ0n) is 17.5. The highest BCUT2D eigenvalue weighted by Gasteiger charge is 2.39. The van der Waals surface area contributed by atoms with Crippen LogP contribution in [-0.4, -0.2) is 48.1 Å². The van der Waals surface area contributed by atoms with E-state index in [4.69, 9.17) is 4.98 Å². The van der Waals surface area contributed by atoms with E-state index in [1.807, 2.05) is 29.2 Å². The van der Waals surface area contributed by atoms with Gasteiger partial charge in [0.15, 0.2) is 0 Å². The Hall–Kier alpha value is -2.36. The summed E-state index contributed by atoms with van der Waals surface area (Å²) >= 11 is 1.62. The van der Waals surface area contributed by atoms with Gasteiger partial charge in [-0.2, -0.15) is 4.31 Å². The number of fused-ring (bicyclic) bond motifs is 1. The van der Waals surface area contributed by atoms with Crippen LogP contribution in [0.1, 0.15) is 36.7 Å². The fourth-order valence-corrected chi connectivity index (χ4v) is 7.31. The van der Waals surface area contributed by atoms with Crippen molar-refractivity contribution >= 4 is 37.5 Å². The van der Waals surface area contributed by atoms with Gasteiger partial charge in [0, 0.05) is 19.6 Å². The normalized spacial score (nSPS) is 22.5. The molecule has 2 aromatic carbocycles. The molecule has 2 aliphatic rings. The maximum Gasteiger partial charge on any atom is 0.243 e. The molecule has 0 bridgehead atoms. The highest BCUT2D eigenvalue weighted by Crippen LogP contribution is 2.38. The predicted molar refractivity (Wildman–Crippen MR) is 121 cm³/mol. The van der Waals surface area contributed by atoms with Gasteiger partial charge in [0.05, 0.1) is 27.1 Å². The van der Waals surface area contributed by atoms with Crippen LogP contribution < -0.4 is 0 Å². The predicted octanol–water partition coefficient (Wildman–Crippen LogP) is 4.20. The van der Waals surface area contributed by atoms with Crippen LogP contribution in [0.5, 0.6) is 0 Å². The third-order valence-electron chi connectivity index (χ3n) is 6.32. The van der Waals surface area contributed by atoms with E-state index in [-0.39, 0.29) is 29.3 Å². The van der Waals surface area contributed by atoms with Crippen molar-refractivity contribution in [3.8, 4) is 0 Å². The van der Waals surface area contributed by atoms with E-state index in [9.17, 15) is 17.6 Å². The van der Waals surface area contributed by atoms with Crippen LogP contribution in [0.2, 0.25) is 0 Å². The van der Waals surface area contributed by atoms with Gasteiger partial charge in [-0.1, -0.05) is 12.1 Å². The molecular weight excluding hydrogens is 449 g/mol. The van der Waals surface area contributed by atoms with E-state index in [0.717, 1.165) is 40.2 Å². The smallest absolute Gasteiger partial charge is 0.243 e. The largest absolute Gasteiger partial charge is 0.333 e. The molecule has 3 aromatic rings. The molecule has 0 radical (unpaired) electrons. The second-order valence-electron chi connectivity index (χ2n) is 8.37. The molecule has 2 fully saturated rings. The minimum Gasteiger partial charge on any atom is -0.333 e. The van der Waals surface area contributed by atoms with Crippen molar-refractivity contribution in [3.63, 3.8) is 0 Å². The molecule has 0 unspecified atom stereocenters. The summed E-state index contributed by atoms with van der Waals surface area (Å²) in [5.74, 6) is -0.856. The maximum absolute atomic E-state index is 13.5. The molecule has 9 heteroatoms. The minimum atomic E-state index is -3.77. The maximum atomic E-state index is 13.5. The number of amides is 1. The first-order valence-corrected chi connectivity index (χ1v) is 13.1. The Bertz CT molecular complexity index is 1210. The number of nitrogens with zero attached hydrogens (tertiary/aromatic N) is 3. The Morgan fingerprint density at radius 1 is 1.03 bits per heavy atom. The first kappa shape index (κ1) is 21.5. The van der Waals surface area contributed by atoms with Gasteiger partial charge < -0.3 is 4.90 Å². The lowest BCUT2D eigenvalue weighted by Crippen LogP contribution is -2.46. The van der Waals surface area contributed by atoms with Gasteiger partial charge in [0.2, 0.25) is 15.9 Å². The monoisotopic (exact) mass is 473 g/mol. The average molecular weight is 474 g/mol. The number of aromatic nitrogens is 1. The Labute approximate surface area is 190 Å². The van der Waals surface area contributed by atoms with Gasteiger partial charge in [-0.3, -0.25) is 4.79 Å². The number of hydrogen-bond acceptors (Lipinski definition) is 5. The zero-order chi connectivity index (χ0) is 22.3. The van der Waals surface area contributed by atoms with E-state index < -0.39 is 15.8 Å². The average Bonchev–Trinajstić information content (AvgIpc) is 3.46. The van der Waals surface area contributed by atoms with Crippen LogP contribution in [0.15, 0.2) is 53.4 Å². The fraction of sp³-hybridized carbons (Fsp3) is 0.391. The summed E-state index contributed by atoms with van der Waals surface area (Å²) in [5, 5.41) is 0.948. The number of hydrogen-bond donors (Lipinski definition) is 0. The summed E-state index contributed by atoms with van der Waals surface area (Å²) in [6.07, 6.45) is 3.07. The lowest BCUT2D eigenvalue weighted by atomic mass is 9.97. The van der Waals surface area contributed by atoms with Crippen LogP contribution in [0.3, 0.4) is 0 Å². The molecular formula is C23H24FN3O3S2. The molecule has 0 N–H and O–H groups in total. The van der Waals surface area contributed by atoms with Crippen molar-refractivity contribution in [2.24, 2.45) is 5.92 Å². The fourth-order valence-electron chi connectivity index (χ4n) is 4.67. The highest BCUT2D eigenvalue weighted by atomic mass is 32.2. The Kier molecular flexibility index (Phi) is 5.73. The summed E-state index contributed by atoms with van der Waals surface area (Å²) in [5.41, 5.74) is 0.945. The molecule has 2 saturated heterocycles. The van der Waals surface area contributed by atoms with Crippen molar-refractivity contribution in [1.29, 1.82) is 0 Å². The van der Waals surface area contributed by atoms with E-state index in [1.165, 1.54) is 16.4 Å². The molecule has 32 heavy (non-hydrogen) atoms. The second kappa shape index (κ2) is 8.53. The molecule has 1 amide bonds. The summed E-state index contributed by atoms with van der Waals surface area (Å²) in [4.78, 5) is 20.2. The molecule has 168 valence electrons. The molecule has 0 saturated carbocycles. The van der Waals surface area contributed by atoms with Gasteiger partial charge in [-0.25, -0.2) is 17.8 Å². The Morgan fingerprint density at radius 3 is 2.56 bits per heavy atom. The lowest BCUT2D eigenvalue weighted by molar-refractivity contribution is -0.137. The van der Waals surface area contributed by atoms with Gasteiger partial charge in [0.25, 0.3) is 0 Å². The number of carbonyl (C=O) groups excluding carboxylic acids is 1. The summed E-state index contributed by atoms with van der Waals surface area (Å²) in [6, 6.07) is 12.8. The molecule has 0 spiro atoms. The van der Waals surface area contributed by atoms with Crippen LogP contribution in [0.4, 0.5) is 4.39 Å². The van der Waals surface area contributed by atoms with Crippen molar-refractivity contribution in [2.75, 3.05) is 19.6 Å². The molecule has 3 heterocycles. The molecule has 0 aliphatic carbocycles. The van der Waals surface area contributed by atoms with Gasteiger partial charge in [-0.15, -0.1) is 11.3 Å². The standard InChI is InChI=1S/C23H24FN3O3S2/c24-17-9-11-18(12-10-17)32(29,30)26-13-3-5-16(15-26)23(28)27-14-4-7-20(27)22-25-19-6-1-2-8-21(19)31-22/h1-2,6,8-12,16,20H,3-5,7,13-15H2/t16-,20-/m0/s1. The molecule has 1 aromatic heterocycles. The minimum absolute atomic E-state index is 0.00534. The van der Waals surface area contributed by atoms with Crippen LogP contribution in [0.25, 0.3) is 10.2 Å². The van der Waals surface area contributed by atoms with Crippen molar-refractivity contribution in [1.82, 2.24) is 14.2 Å². The van der Waals surface area contributed by atoms with Gasteiger partial charge in [-0.05, 0) is 62.1 Å². The SMILES string of the molecule is O=C([C@H]1CCCN(S(=O)(=O)c2ccc(F)cc2)C1)N1CCC[C@H]1c1nc2ccccc2s1. The number of thiazole rings is 1. The van der Waals surface area contributed by atoms with Crippen LogP contribution >= 0.6 is 11.3 Å². The zero-order valence-corrected chi connectivity index (χ0v) is 19.1. The summed E-state index contributed by atoms with van der Waals surface area (Å²) in [7, 11) is -3.77. The third-order valence-corrected chi connectivity index (χ3v) is 9.33. The van der Waals surface area contributed by atoms with Gasteiger partial charge in [0.1, 0.15) is 10.8 Å². The molecule has 6 nitrogen and oxygen atoms in total. The number of piperidine rings is 1. The van der Waals surface area contributed by atoms with Crippen molar-refractivity contribution in [2.45, 2.75) is 36.6 Å². The van der Waals surface area contributed by atoms with E-state index in [0.29, 0.717) is 25.9 Å². The second-order valence-corrected chi connectivity index (χ2v) is 11.4. The first-order valence-electron chi connectivity index (χ1n) is 10.8. The topological polar surface area (TPSA) is 70.6 Å². The summed E-state index contributed by atoms with van der Waals surface area (Å²) in [6.45, 7) is 1.19. The number of para-hydroxylation sites is 1. The van der Waals surface area contributed by atoms with E-state index in [2.05, 4.69) is 0 Å². The molecule has 2 aliphatic heterocycles. The third kappa shape index (κ3) is 3.93. The lowest BCUT2D eigenvalue weighted by Gasteiger charge is -2.34. The van der Waals surface area contributed by atoms with E-state index in [1.54, 1.807) is 11.3 Å². The quantitative estimate of drug-likeness (QED) is 0.570. The number of rotatable bonds is 4. The Balaban J connectivity index is 1.35. The van der Waals surface area contributed by atoms with Crippen LogP contribution in [0, 0.1) is 11.7 Å². The number of carbonyl (C=O) groups is 1. The highest BCUT2D eigenvalue weighted by molar-refractivity contribution is 7.89. The summed E-state index contributed by atoms with van der Waals surface area (Å²) < 4.78 is 41.8. The number of benzene rings is 2. The van der Waals surface area contributed by atoms with Crippen molar-refractivity contribution < 1.29 is 17.6 Å². The number of halogens is 1. The Morgan fingerprint density at radius 2 is 1.78 bits per heavy atom. The molecule has 2 atom stereocenters. The number of sulfonamides is 1. The van der Waals surface area contributed by atoms with Gasteiger partial charge >= 0.3 is 0 Å². The van der Waals surface area contributed by atoms with E-state index >= 15 is 0 Å². The first-order chi connectivity index (χ1) is 15.4. The van der Waals surface area contributed by atoms with Crippen LogP contribution in [-0.2, 0) is 14.8 Å². The molecule has 5 rings (SSSR count). The number of likely N-dealkylation sites (tertiary alicyclic amines) is 1. The van der Waals surface area contributed by atoms with Crippen molar-refractivity contribution in [3.05, 3.63) is 59.4 Å².